The van der Waals surface area contributed by atoms with Crippen LogP contribution < -0.4 is 4.74 Å². The Morgan fingerprint density at radius 2 is 1.44 bits per heavy atom. The molecule has 0 aliphatic carbocycles. The number of rotatable bonds is 4. The van der Waals surface area contributed by atoms with E-state index in [1.165, 1.54) is 6.07 Å². The van der Waals surface area contributed by atoms with Gasteiger partial charge in [0, 0.05) is 6.04 Å². The maximum atomic E-state index is 13.4. The van der Waals surface area contributed by atoms with Crippen molar-refractivity contribution in [2.45, 2.75) is 39.8 Å². The van der Waals surface area contributed by atoms with Gasteiger partial charge in [-0.15, -0.1) is 10.2 Å². The molecule has 1 aromatic carbocycles. The van der Waals surface area contributed by atoms with Gasteiger partial charge >= 0.3 is 6.01 Å². The van der Waals surface area contributed by atoms with E-state index in [2.05, 4.69) is 68.0 Å². The molecule has 0 spiro atoms. The summed E-state index contributed by atoms with van der Waals surface area (Å²) in [6.45, 7) is 7.97. The molecule has 27 heavy (non-hydrogen) atoms. The quantitative estimate of drug-likeness (QED) is 0.390. The molecule has 0 saturated carbocycles. The normalized spacial score (nSPS) is 10.9. The lowest BCUT2D eigenvalue weighted by atomic mass is 10.3. The highest BCUT2D eigenvalue weighted by Crippen LogP contribution is 2.25. The highest BCUT2D eigenvalue weighted by atomic mass is 79.9. The van der Waals surface area contributed by atoms with Gasteiger partial charge in [0.15, 0.2) is 16.3 Å². The smallest absolute Gasteiger partial charge is 0.321 e. The Bertz CT molecular complexity index is 896. The molecule has 0 aliphatic heterocycles. The minimum absolute atomic E-state index is 0.0792. The average Bonchev–Trinajstić information content (AvgIpc) is 3.12. The third kappa shape index (κ3) is 6.08. The van der Waals surface area contributed by atoms with Crippen LogP contribution in [-0.4, -0.2) is 29.5 Å². The Hall–Kier alpha value is -1.33. The Balaban J connectivity index is 0.000000223. The molecule has 3 aromatic rings. The van der Waals surface area contributed by atoms with Crippen LogP contribution in [0.25, 0.3) is 0 Å². The number of hydrogen-bond acceptors (Lipinski definition) is 5. The van der Waals surface area contributed by atoms with Gasteiger partial charge in [0.25, 0.3) is 0 Å². The molecule has 3 rings (SSSR count). The van der Waals surface area contributed by atoms with Crippen molar-refractivity contribution in [1.82, 2.24) is 29.5 Å². The molecular weight excluding hydrogens is 551 g/mol. The zero-order valence-electron chi connectivity index (χ0n) is 15.1. The summed E-state index contributed by atoms with van der Waals surface area (Å²) < 4.78 is 24.0. The molecule has 0 N–H and O–H groups in total. The van der Waals surface area contributed by atoms with Crippen molar-refractivity contribution in [3.05, 3.63) is 44.3 Å². The predicted molar refractivity (Wildman–Crippen MR) is 110 cm³/mol. The van der Waals surface area contributed by atoms with Gasteiger partial charge in [-0.25, -0.2) is 13.8 Å². The van der Waals surface area contributed by atoms with Crippen molar-refractivity contribution in [2.75, 3.05) is 0 Å². The first-order valence-electron chi connectivity index (χ1n) is 8.01. The van der Waals surface area contributed by atoms with E-state index >= 15 is 0 Å². The van der Waals surface area contributed by atoms with Gasteiger partial charge < -0.3 is 4.74 Å². The summed E-state index contributed by atoms with van der Waals surface area (Å²) in [7, 11) is 0. The topological polar surface area (TPSA) is 70.7 Å². The second kappa shape index (κ2) is 9.74. The molecule has 0 bridgehead atoms. The zero-order chi connectivity index (χ0) is 20.1. The van der Waals surface area contributed by atoms with E-state index in [-0.39, 0.29) is 17.8 Å². The fourth-order valence-electron chi connectivity index (χ4n) is 1.92. The predicted octanol–water partition coefficient (Wildman–Crippen LogP) is 5.94. The number of aromatic nitrogens is 6. The maximum Gasteiger partial charge on any atom is 0.321 e. The minimum atomic E-state index is -0.429. The molecular formula is C16H18Br3FN6O. The second-order valence-corrected chi connectivity index (χ2v) is 8.05. The Kier molecular flexibility index (Phi) is 7.92. The van der Waals surface area contributed by atoms with Crippen molar-refractivity contribution in [1.29, 1.82) is 0 Å². The van der Waals surface area contributed by atoms with Gasteiger partial charge in [-0.3, -0.25) is 0 Å². The number of halogens is 4. The van der Waals surface area contributed by atoms with Gasteiger partial charge in [0.2, 0.25) is 9.47 Å². The van der Waals surface area contributed by atoms with Crippen LogP contribution in [0.5, 0.6) is 11.8 Å². The van der Waals surface area contributed by atoms with E-state index in [9.17, 15) is 4.39 Å². The lowest BCUT2D eigenvalue weighted by Gasteiger charge is -2.09. The molecule has 0 radical (unpaired) electrons. The van der Waals surface area contributed by atoms with Gasteiger partial charge in [-0.1, -0.05) is 12.1 Å². The second-order valence-electron chi connectivity index (χ2n) is 5.92. The number of hydrogen-bond donors (Lipinski definition) is 0. The molecule has 7 nitrogen and oxygen atoms in total. The van der Waals surface area contributed by atoms with Crippen molar-refractivity contribution < 1.29 is 9.13 Å². The molecule has 0 saturated heterocycles. The molecule has 0 amide bonds. The van der Waals surface area contributed by atoms with Crippen molar-refractivity contribution in [2.24, 2.45) is 0 Å². The van der Waals surface area contributed by atoms with E-state index in [0.717, 1.165) is 4.73 Å². The molecule has 0 unspecified atom stereocenters. The van der Waals surface area contributed by atoms with Crippen molar-refractivity contribution >= 4 is 47.8 Å². The minimum Gasteiger partial charge on any atom is -0.421 e. The van der Waals surface area contributed by atoms with Crippen LogP contribution in [0.2, 0.25) is 0 Å². The third-order valence-electron chi connectivity index (χ3n) is 3.15. The summed E-state index contributed by atoms with van der Waals surface area (Å²) >= 11 is 9.62. The number of ether oxygens (including phenoxy) is 1. The Morgan fingerprint density at radius 1 is 0.889 bits per heavy atom. The van der Waals surface area contributed by atoms with Crippen LogP contribution in [-0.2, 0) is 0 Å². The third-order valence-corrected chi connectivity index (χ3v) is 4.37. The highest BCUT2D eigenvalue weighted by Gasteiger charge is 2.14. The summed E-state index contributed by atoms with van der Waals surface area (Å²) in [4.78, 5) is 8.07. The number of para-hydroxylation sites is 1. The van der Waals surface area contributed by atoms with E-state index in [0.29, 0.717) is 15.5 Å². The summed E-state index contributed by atoms with van der Waals surface area (Å²) in [6.07, 6.45) is 0. The van der Waals surface area contributed by atoms with E-state index in [1.807, 2.05) is 27.7 Å². The van der Waals surface area contributed by atoms with Gasteiger partial charge in [-0.2, -0.15) is 9.97 Å². The van der Waals surface area contributed by atoms with Crippen LogP contribution in [0, 0.1) is 5.82 Å². The van der Waals surface area contributed by atoms with Gasteiger partial charge in [0.05, 0.1) is 6.04 Å². The average molecular weight is 569 g/mol. The van der Waals surface area contributed by atoms with Crippen LogP contribution >= 0.6 is 47.8 Å². The Morgan fingerprint density at radius 3 is 1.93 bits per heavy atom. The van der Waals surface area contributed by atoms with Crippen molar-refractivity contribution in [3.8, 4) is 11.8 Å². The maximum absolute atomic E-state index is 13.4. The first-order valence-corrected chi connectivity index (χ1v) is 10.4. The molecule has 0 aliphatic rings. The summed E-state index contributed by atoms with van der Waals surface area (Å²) in [6, 6.07) is 6.86. The zero-order valence-corrected chi connectivity index (χ0v) is 19.8. The van der Waals surface area contributed by atoms with Crippen LogP contribution in [0.1, 0.15) is 39.8 Å². The molecule has 11 heteroatoms. The van der Waals surface area contributed by atoms with Gasteiger partial charge in [-0.05, 0) is 87.6 Å². The first-order chi connectivity index (χ1) is 12.7. The van der Waals surface area contributed by atoms with Gasteiger partial charge in [0.1, 0.15) is 0 Å². The standard InChI is InChI=1S/C11H11BrFN3O.C5H7Br2N3/c1-7(2)16-11(14-10(12)15-16)17-9-6-4-3-5-8(9)13;1-3(2)10-5(7)8-4(6)9-10/h3-7H,1-2H3;3H,1-2H3. The highest BCUT2D eigenvalue weighted by molar-refractivity contribution is 9.11. The fraction of sp³-hybridized carbons (Fsp3) is 0.375. The number of nitrogens with zero attached hydrogens (tertiary/aromatic N) is 6. The fourth-order valence-corrected chi connectivity index (χ4v) is 3.48. The monoisotopic (exact) mass is 566 g/mol. The summed E-state index contributed by atoms with van der Waals surface area (Å²) in [5.74, 6) is -0.295. The SMILES string of the molecule is CC(C)n1nc(Br)nc1Br.CC(C)n1nc(Br)nc1Oc1ccccc1F. The lowest BCUT2D eigenvalue weighted by Crippen LogP contribution is -2.05. The molecule has 2 heterocycles. The molecule has 0 fully saturated rings. The van der Waals surface area contributed by atoms with Crippen LogP contribution in [0.4, 0.5) is 4.39 Å². The molecule has 0 atom stereocenters. The largest absolute Gasteiger partial charge is 0.421 e. The lowest BCUT2D eigenvalue weighted by molar-refractivity contribution is 0.360. The summed E-state index contributed by atoms with van der Waals surface area (Å²) in [5.41, 5.74) is 0. The Labute approximate surface area is 181 Å². The first kappa shape index (κ1) is 22.0. The van der Waals surface area contributed by atoms with E-state index < -0.39 is 5.82 Å². The van der Waals surface area contributed by atoms with E-state index in [1.54, 1.807) is 27.6 Å². The molecule has 2 aromatic heterocycles. The number of benzene rings is 1. The van der Waals surface area contributed by atoms with E-state index in [4.69, 9.17) is 4.74 Å². The summed E-state index contributed by atoms with van der Waals surface area (Å²) in [5, 5.41) is 8.20. The van der Waals surface area contributed by atoms with Crippen LogP contribution in [0.3, 0.4) is 0 Å². The molecule has 146 valence electrons. The van der Waals surface area contributed by atoms with Crippen molar-refractivity contribution in [3.63, 3.8) is 0 Å². The van der Waals surface area contributed by atoms with Crippen LogP contribution in [0.15, 0.2) is 38.5 Å².